The van der Waals surface area contributed by atoms with Gasteiger partial charge in [-0.25, -0.2) is 12.2 Å². The maximum Gasteiger partial charge on any atom is 2.00 e. The Labute approximate surface area is 304 Å². The van der Waals surface area contributed by atoms with Crippen LogP contribution in [0.1, 0.15) is 89.5 Å². The summed E-state index contributed by atoms with van der Waals surface area (Å²) in [5.74, 6) is 0. The normalized spacial score (nSPS) is 17.6. The zero-order valence-corrected chi connectivity index (χ0v) is 32.1. The van der Waals surface area contributed by atoms with Gasteiger partial charge in [-0.05, 0) is 34.6 Å². The van der Waals surface area contributed by atoms with Crippen LogP contribution in [0.3, 0.4) is 0 Å². The van der Waals surface area contributed by atoms with Crippen molar-refractivity contribution in [3.8, 4) is 0 Å². The van der Waals surface area contributed by atoms with Crippen LogP contribution in [0.2, 0.25) is 0 Å². The van der Waals surface area contributed by atoms with Crippen LogP contribution >= 0.6 is 24.8 Å². The van der Waals surface area contributed by atoms with E-state index >= 15 is 0 Å². The van der Waals surface area contributed by atoms with Crippen LogP contribution < -0.4 is 10.4 Å². The van der Waals surface area contributed by atoms with Crippen LogP contribution in [-0.2, 0) is 37.0 Å². The average molecular weight is 715 g/mol. The van der Waals surface area contributed by atoms with Gasteiger partial charge in [0.2, 0.25) is 0 Å². The molecule has 1 atom stereocenters. The van der Waals surface area contributed by atoms with Crippen LogP contribution in [0, 0.1) is 24.5 Å². The molecule has 0 saturated heterocycles. The largest absolute Gasteiger partial charge is 2.00 e. The van der Waals surface area contributed by atoms with Crippen LogP contribution in [0.5, 0.6) is 0 Å². The molecule has 3 heteroatoms. The van der Waals surface area contributed by atoms with Gasteiger partial charge in [0, 0.05) is 10.8 Å². The second-order valence-electron chi connectivity index (χ2n) is 13.3. The van der Waals surface area contributed by atoms with E-state index in [0.717, 1.165) is 12.8 Å². The van der Waals surface area contributed by atoms with Gasteiger partial charge >= 0.3 is 26.2 Å². The molecule has 234 valence electrons. The Bertz CT molecular complexity index is 1680. The Morgan fingerprint density at radius 1 is 0.822 bits per heavy atom. The Morgan fingerprint density at radius 3 is 1.93 bits per heavy atom. The fourth-order valence-corrected chi connectivity index (χ4v) is 7.02. The first kappa shape index (κ1) is 39.0. The van der Waals surface area contributed by atoms with Crippen LogP contribution in [0.4, 0.5) is 0 Å². The van der Waals surface area contributed by atoms with Gasteiger partial charge in [-0.3, -0.25) is 6.08 Å². The summed E-state index contributed by atoms with van der Waals surface area (Å²) in [5, 5.41) is 2.68. The number of aryl methyl sites for hydroxylation is 1. The van der Waals surface area contributed by atoms with Crippen molar-refractivity contribution in [1.29, 1.82) is 0 Å². The van der Waals surface area contributed by atoms with E-state index in [2.05, 4.69) is 152 Å². The van der Waals surface area contributed by atoms with Crippen molar-refractivity contribution in [3.63, 3.8) is 0 Å². The zero-order chi connectivity index (χ0) is 30.0. The third-order valence-electron chi connectivity index (χ3n) is 9.52. The molecule has 3 aliphatic rings. The van der Waals surface area contributed by atoms with Crippen LogP contribution in [-0.4, -0.2) is 0 Å². The van der Waals surface area contributed by atoms with Crippen molar-refractivity contribution < 1.29 is 26.2 Å². The van der Waals surface area contributed by atoms with E-state index < -0.39 is 0 Å². The number of benzene rings is 3. The Hall–Kier alpha value is -2.18. The number of halogens is 2. The molecule has 0 radical (unpaired) electrons. The molecule has 0 heterocycles. The fraction of sp³-hybridized carbons (Fsp3) is 0.333. The molecule has 3 aromatic carbocycles. The summed E-state index contributed by atoms with van der Waals surface area (Å²) in [7, 11) is 0. The van der Waals surface area contributed by atoms with E-state index in [9.17, 15) is 0 Å². The zero-order valence-electron chi connectivity index (χ0n) is 28.0. The van der Waals surface area contributed by atoms with Crippen molar-refractivity contribution in [3.05, 3.63) is 153 Å². The van der Waals surface area contributed by atoms with Crippen molar-refractivity contribution in [1.82, 2.24) is 0 Å². The average Bonchev–Trinajstić information content (AvgIpc) is 3.67. The molecule has 1 unspecified atom stereocenters. The molecule has 0 saturated carbocycles. The van der Waals surface area contributed by atoms with Crippen LogP contribution in [0.25, 0.3) is 11.6 Å². The summed E-state index contributed by atoms with van der Waals surface area (Å²) in [4.78, 5) is 0. The summed E-state index contributed by atoms with van der Waals surface area (Å²) < 4.78 is 0. The second kappa shape index (κ2) is 16.1. The molecule has 0 bridgehead atoms. The van der Waals surface area contributed by atoms with Crippen molar-refractivity contribution in [2.24, 2.45) is 5.41 Å². The number of unbranched alkanes of at least 4 members (excludes halogenated alkanes) is 1. The smallest absolute Gasteiger partial charge is 0.273 e. The molecule has 3 aliphatic carbocycles. The third-order valence-corrected chi connectivity index (χ3v) is 9.52. The number of hydrogen-bond acceptors (Lipinski definition) is 0. The fourth-order valence-electron chi connectivity index (χ4n) is 7.02. The minimum absolute atomic E-state index is 0. The molecule has 0 fully saturated rings. The van der Waals surface area contributed by atoms with Crippen molar-refractivity contribution in [2.45, 2.75) is 85.0 Å². The minimum Gasteiger partial charge on any atom is -0.273 e. The van der Waals surface area contributed by atoms with Gasteiger partial charge in [0.05, 0.1) is 0 Å². The summed E-state index contributed by atoms with van der Waals surface area (Å²) in [6.45, 7) is 16.5. The maximum atomic E-state index is 4.06. The van der Waals surface area contributed by atoms with E-state index in [-0.39, 0.29) is 67.3 Å². The van der Waals surface area contributed by atoms with Gasteiger partial charge in [-0.1, -0.05) is 150 Å². The van der Waals surface area contributed by atoms with Crippen LogP contribution in [0.15, 0.2) is 108 Å². The van der Waals surface area contributed by atoms with E-state index in [1.807, 2.05) is 12.2 Å². The van der Waals surface area contributed by atoms with Gasteiger partial charge in [0.15, 0.2) is 0 Å². The summed E-state index contributed by atoms with van der Waals surface area (Å²) in [5.41, 5.74) is 9.31. The number of fused-ring (bicyclic) bond motifs is 2. The topological polar surface area (TPSA) is 0 Å². The Balaban J connectivity index is 0.000000805. The number of rotatable bonds is 7. The predicted molar refractivity (Wildman–Crippen MR) is 195 cm³/mol. The molecular weight excluding hydrogens is 667 g/mol. The maximum absolute atomic E-state index is 4.06. The predicted octanol–water partition coefficient (Wildman–Crippen LogP) is 10.3. The van der Waals surface area contributed by atoms with Gasteiger partial charge in [0.1, 0.15) is 0 Å². The summed E-state index contributed by atoms with van der Waals surface area (Å²) >= 11 is 0. The number of hydrogen-bond donors (Lipinski definition) is 0. The quantitative estimate of drug-likeness (QED) is 0.214. The van der Waals surface area contributed by atoms with E-state index in [1.165, 1.54) is 62.3 Å². The molecule has 45 heavy (non-hydrogen) atoms. The SMILES string of the molecule is CCCCC1(C)[C-]=C2C=c3cc(C)c(C(C)(C)c4ccccc4)cc3=C2C=C1C(C)(C)c1ccccc1.Cl.Cl.[C-]1=CC=CC1.[Zr+2]. The molecule has 0 aromatic heterocycles. The monoisotopic (exact) mass is 712 g/mol. The number of allylic oxidation sites excluding steroid dienone is 8. The molecule has 0 amide bonds. The van der Waals surface area contributed by atoms with Gasteiger partial charge < -0.3 is 0 Å². The van der Waals surface area contributed by atoms with Gasteiger partial charge in [-0.2, -0.15) is 23.8 Å². The first-order valence-corrected chi connectivity index (χ1v) is 15.7. The van der Waals surface area contributed by atoms with Gasteiger partial charge in [-0.15, -0.1) is 42.9 Å². The Morgan fingerprint density at radius 2 is 1.42 bits per heavy atom. The van der Waals surface area contributed by atoms with E-state index in [0.29, 0.717) is 0 Å². The molecule has 3 aromatic rings. The third kappa shape index (κ3) is 8.04. The molecule has 6 rings (SSSR count). The molecule has 0 N–H and O–H groups in total. The molecule has 0 spiro atoms. The van der Waals surface area contributed by atoms with Crippen molar-refractivity contribution in [2.75, 3.05) is 0 Å². The first-order valence-electron chi connectivity index (χ1n) is 15.7. The van der Waals surface area contributed by atoms with E-state index in [1.54, 1.807) is 0 Å². The standard InChI is InChI=1S/C37H41.C5H5.2ClH.Zr/c1-8-9-20-37(7)25-28-22-27-21-26(2)33(35(3,4)29-16-12-10-13-17-29)23-31(27)32(28)24-34(37)36(5,6)30-18-14-11-15-19-30;1-2-4-5-3-1;;;/h10-19,21-24H,8-9,20H2,1-7H3;1-3H,4H2;2*1H;/q2*-1;;;+2. The van der Waals surface area contributed by atoms with E-state index in [4.69, 9.17) is 0 Å². The summed E-state index contributed by atoms with van der Waals surface area (Å²) in [6.07, 6.45) is 22.5. The molecule has 0 aliphatic heterocycles. The summed E-state index contributed by atoms with van der Waals surface area (Å²) in [6, 6.07) is 26.8. The minimum atomic E-state index is -0.0894. The van der Waals surface area contributed by atoms with Gasteiger partial charge in [0.25, 0.3) is 0 Å². The molecule has 0 nitrogen and oxygen atoms in total. The first-order chi connectivity index (χ1) is 20.1. The second-order valence-corrected chi connectivity index (χ2v) is 13.3. The molecular formula is C42H48Cl2Zr. The Kier molecular flexibility index (Phi) is 13.9. The van der Waals surface area contributed by atoms with Crippen molar-refractivity contribution >= 4 is 36.5 Å².